The molecule has 1 heterocycles. The van der Waals surface area contributed by atoms with Crippen LogP contribution in [0.1, 0.15) is 30.2 Å². The summed E-state index contributed by atoms with van der Waals surface area (Å²) in [5.74, 6) is 0.816. The van der Waals surface area contributed by atoms with Crippen LogP contribution in [0.3, 0.4) is 0 Å². The molecule has 156 valence electrons. The number of amides is 1. The minimum absolute atomic E-state index is 0.00747. The Balaban J connectivity index is 1.53. The van der Waals surface area contributed by atoms with Crippen LogP contribution in [-0.2, 0) is 17.9 Å². The van der Waals surface area contributed by atoms with Crippen molar-refractivity contribution in [2.45, 2.75) is 33.4 Å². The van der Waals surface area contributed by atoms with Crippen LogP contribution in [0, 0.1) is 6.92 Å². The van der Waals surface area contributed by atoms with E-state index < -0.39 is 0 Å². The van der Waals surface area contributed by atoms with Crippen LogP contribution in [0.15, 0.2) is 72.9 Å². The van der Waals surface area contributed by atoms with Gasteiger partial charge in [-0.25, -0.2) is 0 Å². The summed E-state index contributed by atoms with van der Waals surface area (Å²) in [4.78, 5) is 19.0. The fraction of sp³-hybridized carbons (Fsp3) is 0.280. The summed E-state index contributed by atoms with van der Waals surface area (Å²) in [5, 5.41) is 3.02. The SMILES string of the molecule is CCCN(CC(=O)Nc1ccccc1C)Cc1ccc(OCc2ccccn2)cc1. The summed E-state index contributed by atoms with van der Waals surface area (Å²) in [5.41, 5.74) is 3.98. The second-order valence-electron chi connectivity index (χ2n) is 7.33. The van der Waals surface area contributed by atoms with E-state index in [-0.39, 0.29) is 5.91 Å². The standard InChI is InChI=1S/C25H29N3O2/c1-3-16-28(18-25(29)27-24-10-5-4-8-20(24)2)17-21-11-13-23(14-12-21)30-19-22-9-6-7-15-26-22/h4-15H,3,16-19H2,1-2H3,(H,27,29). The van der Waals surface area contributed by atoms with Crippen molar-refractivity contribution in [3.8, 4) is 5.75 Å². The molecule has 2 aromatic carbocycles. The van der Waals surface area contributed by atoms with Gasteiger partial charge in [-0.15, -0.1) is 0 Å². The molecule has 0 radical (unpaired) electrons. The Bertz CT molecular complexity index is 927. The van der Waals surface area contributed by atoms with Gasteiger partial charge in [-0.2, -0.15) is 0 Å². The third-order valence-corrected chi connectivity index (χ3v) is 4.77. The minimum atomic E-state index is 0.00747. The van der Waals surface area contributed by atoms with Gasteiger partial charge in [0.25, 0.3) is 0 Å². The number of carbonyl (C=O) groups is 1. The number of benzene rings is 2. The predicted octanol–water partition coefficient (Wildman–Crippen LogP) is 4.82. The van der Waals surface area contributed by atoms with Crippen LogP contribution < -0.4 is 10.1 Å². The number of nitrogens with zero attached hydrogens (tertiary/aromatic N) is 2. The lowest BCUT2D eigenvalue weighted by atomic mass is 10.2. The number of para-hydroxylation sites is 1. The number of nitrogens with one attached hydrogen (secondary N) is 1. The molecule has 0 aliphatic carbocycles. The van der Waals surface area contributed by atoms with Crippen LogP contribution in [0.25, 0.3) is 0 Å². The van der Waals surface area contributed by atoms with Gasteiger partial charge in [-0.05, 0) is 61.3 Å². The monoisotopic (exact) mass is 403 g/mol. The summed E-state index contributed by atoms with van der Waals surface area (Å²) in [6, 6.07) is 21.7. The van der Waals surface area contributed by atoms with Crippen LogP contribution in [-0.4, -0.2) is 28.9 Å². The van der Waals surface area contributed by atoms with E-state index in [1.54, 1.807) is 6.20 Å². The maximum atomic E-state index is 12.5. The van der Waals surface area contributed by atoms with Crippen molar-refractivity contribution in [3.63, 3.8) is 0 Å². The highest BCUT2D eigenvalue weighted by atomic mass is 16.5. The first kappa shape index (κ1) is 21.5. The minimum Gasteiger partial charge on any atom is -0.487 e. The first-order valence-corrected chi connectivity index (χ1v) is 10.3. The Labute approximate surface area is 178 Å². The fourth-order valence-corrected chi connectivity index (χ4v) is 3.23. The number of hydrogen-bond acceptors (Lipinski definition) is 4. The molecular formula is C25H29N3O2. The second kappa shape index (κ2) is 11.1. The summed E-state index contributed by atoms with van der Waals surface area (Å²) in [6.45, 7) is 6.51. The van der Waals surface area contributed by atoms with E-state index in [0.29, 0.717) is 13.2 Å². The van der Waals surface area contributed by atoms with Crippen LogP contribution in [0.5, 0.6) is 5.75 Å². The topological polar surface area (TPSA) is 54.5 Å². The van der Waals surface area contributed by atoms with Gasteiger partial charge in [0.2, 0.25) is 5.91 Å². The molecule has 0 aliphatic heterocycles. The third kappa shape index (κ3) is 6.71. The number of rotatable bonds is 10. The zero-order valence-corrected chi connectivity index (χ0v) is 17.7. The number of carbonyl (C=O) groups excluding carboxylic acids is 1. The van der Waals surface area contributed by atoms with Gasteiger partial charge < -0.3 is 10.1 Å². The molecule has 3 aromatic rings. The lowest BCUT2D eigenvalue weighted by Gasteiger charge is -2.21. The number of hydrogen-bond donors (Lipinski definition) is 1. The Morgan fingerprint density at radius 2 is 1.80 bits per heavy atom. The van der Waals surface area contributed by atoms with Gasteiger partial charge in [0.1, 0.15) is 12.4 Å². The summed E-state index contributed by atoms with van der Waals surface area (Å²) in [7, 11) is 0. The van der Waals surface area contributed by atoms with E-state index in [2.05, 4.69) is 34.3 Å². The van der Waals surface area contributed by atoms with Crippen molar-refractivity contribution < 1.29 is 9.53 Å². The molecule has 0 atom stereocenters. The fourth-order valence-electron chi connectivity index (χ4n) is 3.23. The van der Waals surface area contributed by atoms with E-state index in [9.17, 15) is 4.79 Å². The average molecular weight is 404 g/mol. The lowest BCUT2D eigenvalue weighted by molar-refractivity contribution is -0.117. The molecule has 5 nitrogen and oxygen atoms in total. The molecule has 1 amide bonds. The van der Waals surface area contributed by atoms with Crippen LogP contribution in [0.4, 0.5) is 5.69 Å². The van der Waals surface area contributed by atoms with Gasteiger partial charge in [0.05, 0.1) is 12.2 Å². The quantitative estimate of drug-likeness (QED) is 0.527. The van der Waals surface area contributed by atoms with Crippen molar-refractivity contribution in [2.75, 3.05) is 18.4 Å². The molecule has 0 fully saturated rings. The first-order chi connectivity index (χ1) is 14.6. The highest BCUT2D eigenvalue weighted by Gasteiger charge is 2.12. The van der Waals surface area contributed by atoms with Crippen molar-refractivity contribution in [3.05, 3.63) is 89.7 Å². The molecule has 0 spiro atoms. The van der Waals surface area contributed by atoms with Crippen molar-refractivity contribution in [2.24, 2.45) is 0 Å². The normalized spacial score (nSPS) is 10.8. The summed E-state index contributed by atoms with van der Waals surface area (Å²) >= 11 is 0. The Hall–Kier alpha value is -3.18. The molecular weight excluding hydrogens is 374 g/mol. The van der Waals surface area contributed by atoms with Crippen LogP contribution in [0.2, 0.25) is 0 Å². The number of aryl methyl sites for hydroxylation is 1. The summed E-state index contributed by atoms with van der Waals surface area (Å²) < 4.78 is 5.80. The maximum absolute atomic E-state index is 12.5. The highest BCUT2D eigenvalue weighted by Crippen LogP contribution is 2.16. The number of anilines is 1. The molecule has 3 rings (SSSR count). The molecule has 0 saturated heterocycles. The molecule has 1 aromatic heterocycles. The zero-order chi connectivity index (χ0) is 21.2. The molecule has 30 heavy (non-hydrogen) atoms. The van der Waals surface area contributed by atoms with Gasteiger partial charge in [0, 0.05) is 18.4 Å². The van der Waals surface area contributed by atoms with Gasteiger partial charge in [-0.3, -0.25) is 14.7 Å². The zero-order valence-electron chi connectivity index (χ0n) is 17.7. The largest absolute Gasteiger partial charge is 0.487 e. The smallest absolute Gasteiger partial charge is 0.238 e. The van der Waals surface area contributed by atoms with E-state index in [0.717, 1.165) is 47.8 Å². The molecule has 0 bridgehead atoms. The molecule has 0 saturated carbocycles. The van der Waals surface area contributed by atoms with Gasteiger partial charge in [-0.1, -0.05) is 43.3 Å². The molecule has 5 heteroatoms. The number of ether oxygens (including phenoxy) is 1. The number of pyridine rings is 1. The van der Waals surface area contributed by atoms with Crippen molar-refractivity contribution in [1.29, 1.82) is 0 Å². The molecule has 0 aliphatic rings. The third-order valence-electron chi connectivity index (χ3n) is 4.77. The van der Waals surface area contributed by atoms with E-state index >= 15 is 0 Å². The van der Waals surface area contributed by atoms with Gasteiger partial charge in [0.15, 0.2) is 0 Å². The molecule has 0 unspecified atom stereocenters. The van der Waals surface area contributed by atoms with Crippen molar-refractivity contribution in [1.82, 2.24) is 9.88 Å². The summed E-state index contributed by atoms with van der Waals surface area (Å²) in [6.07, 6.45) is 2.75. The Kier molecular flexibility index (Phi) is 7.98. The van der Waals surface area contributed by atoms with Gasteiger partial charge >= 0.3 is 0 Å². The van der Waals surface area contributed by atoms with E-state index in [4.69, 9.17) is 4.74 Å². The number of aromatic nitrogens is 1. The van der Waals surface area contributed by atoms with Crippen LogP contribution >= 0.6 is 0 Å². The second-order valence-corrected chi connectivity index (χ2v) is 7.33. The predicted molar refractivity (Wildman–Crippen MR) is 120 cm³/mol. The Morgan fingerprint density at radius 1 is 1.03 bits per heavy atom. The maximum Gasteiger partial charge on any atom is 0.238 e. The Morgan fingerprint density at radius 3 is 2.50 bits per heavy atom. The van der Waals surface area contributed by atoms with E-state index in [1.165, 1.54) is 0 Å². The lowest BCUT2D eigenvalue weighted by Crippen LogP contribution is -2.33. The molecule has 1 N–H and O–H groups in total. The van der Waals surface area contributed by atoms with E-state index in [1.807, 2.05) is 61.5 Å². The highest BCUT2D eigenvalue weighted by molar-refractivity contribution is 5.92. The average Bonchev–Trinajstić information content (AvgIpc) is 2.76. The first-order valence-electron chi connectivity index (χ1n) is 10.3. The van der Waals surface area contributed by atoms with Crippen molar-refractivity contribution >= 4 is 11.6 Å².